The zero-order valence-electron chi connectivity index (χ0n) is 20.0. The van der Waals surface area contributed by atoms with Gasteiger partial charge in [-0.3, -0.25) is 4.79 Å². The van der Waals surface area contributed by atoms with Crippen LogP contribution in [-0.4, -0.2) is 11.9 Å². The van der Waals surface area contributed by atoms with Gasteiger partial charge in [-0.2, -0.15) is 0 Å². The Morgan fingerprint density at radius 1 is 0.943 bits per heavy atom. The number of anilines is 2. The van der Waals surface area contributed by atoms with Crippen molar-refractivity contribution in [2.45, 2.75) is 62.9 Å². The van der Waals surface area contributed by atoms with Gasteiger partial charge in [0.2, 0.25) is 0 Å². The van der Waals surface area contributed by atoms with Crippen LogP contribution in [-0.2, 0) is 25.1 Å². The van der Waals surface area contributed by atoms with E-state index in [-0.39, 0.29) is 18.5 Å². The first kappa shape index (κ1) is 25.2. The van der Waals surface area contributed by atoms with Crippen LogP contribution in [0.25, 0.3) is 6.08 Å². The number of rotatable bonds is 10. The lowest BCUT2D eigenvalue weighted by Gasteiger charge is -2.26. The van der Waals surface area contributed by atoms with Gasteiger partial charge in [-0.1, -0.05) is 56.4 Å². The van der Waals surface area contributed by atoms with E-state index >= 15 is 0 Å². The van der Waals surface area contributed by atoms with Crippen molar-refractivity contribution in [2.24, 2.45) is 17.8 Å². The van der Waals surface area contributed by atoms with E-state index < -0.39 is 5.97 Å². The van der Waals surface area contributed by atoms with Crippen molar-refractivity contribution < 1.29 is 18.5 Å². The lowest BCUT2D eigenvalue weighted by molar-refractivity contribution is -0.149. The van der Waals surface area contributed by atoms with Gasteiger partial charge < -0.3 is 20.4 Å². The number of carbonyl (C=O) groups is 2. The van der Waals surface area contributed by atoms with E-state index in [1.807, 2.05) is 24.3 Å². The zero-order valence-corrected chi connectivity index (χ0v) is 20.8. The molecule has 2 fully saturated rings. The second-order valence-electron chi connectivity index (χ2n) is 9.75. The molecule has 0 saturated heterocycles. The summed E-state index contributed by atoms with van der Waals surface area (Å²) in [5.41, 5.74) is 14.3. The maximum absolute atomic E-state index is 12.5. The highest BCUT2D eigenvalue weighted by Crippen LogP contribution is 2.38. The third kappa shape index (κ3) is 7.79. The number of esters is 1. The normalized spacial score (nSPS) is 20.0. The molecule has 7 heteroatoms. The third-order valence-electron chi connectivity index (χ3n) is 7.03. The van der Waals surface area contributed by atoms with Crippen LogP contribution in [0.2, 0.25) is 0 Å². The maximum Gasteiger partial charge on any atom is 0.343 e. The number of benzene rings is 2. The molecule has 2 atom stereocenters. The number of nitrogens with two attached hydrogens (primary N) is 2. The highest BCUT2D eigenvalue weighted by atomic mass is 32.2. The van der Waals surface area contributed by atoms with E-state index in [4.69, 9.17) is 20.4 Å². The van der Waals surface area contributed by atoms with Gasteiger partial charge in [0.1, 0.15) is 6.61 Å². The lowest BCUT2D eigenvalue weighted by Crippen LogP contribution is -2.16. The van der Waals surface area contributed by atoms with Crippen molar-refractivity contribution in [1.29, 1.82) is 0 Å². The Morgan fingerprint density at radius 2 is 1.66 bits per heavy atom. The molecule has 2 aromatic rings. The van der Waals surface area contributed by atoms with E-state index in [1.54, 1.807) is 24.3 Å². The second-order valence-corrected chi connectivity index (χ2v) is 10.6. The highest BCUT2D eigenvalue weighted by Gasteiger charge is 2.31. The van der Waals surface area contributed by atoms with Crippen LogP contribution in [0.15, 0.2) is 53.4 Å². The van der Waals surface area contributed by atoms with E-state index in [1.165, 1.54) is 38.2 Å². The zero-order chi connectivity index (χ0) is 24.6. The Kier molecular flexibility index (Phi) is 8.74. The molecular weight excluding hydrogens is 460 g/mol. The molecule has 186 valence electrons. The van der Waals surface area contributed by atoms with Crippen molar-refractivity contribution in [2.75, 3.05) is 11.5 Å². The molecule has 0 amide bonds. The molecule has 2 aliphatic carbocycles. The van der Waals surface area contributed by atoms with Crippen LogP contribution >= 0.6 is 12.0 Å². The summed E-state index contributed by atoms with van der Waals surface area (Å²) in [6.45, 7) is 0.272. The Hall–Kier alpha value is -2.93. The molecule has 0 aliphatic heterocycles. The van der Waals surface area contributed by atoms with Crippen LogP contribution in [0.1, 0.15) is 62.5 Å². The molecule has 0 aromatic heterocycles. The average molecular weight is 495 g/mol. The van der Waals surface area contributed by atoms with Crippen LogP contribution in [0.3, 0.4) is 0 Å². The van der Waals surface area contributed by atoms with Gasteiger partial charge in [0.15, 0.2) is 0 Å². The number of carbonyl (C=O) groups excluding carboxylic acids is 2. The van der Waals surface area contributed by atoms with Crippen LogP contribution in [0.5, 0.6) is 0 Å². The fraction of sp³-hybridized carbons (Fsp3) is 0.429. The first-order valence-electron chi connectivity index (χ1n) is 12.4. The predicted molar refractivity (Wildman–Crippen MR) is 140 cm³/mol. The summed E-state index contributed by atoms with van der Waals surface area (Å²) in [7, 11) is 0. The average Bonchev–Trinajstić information content (AvgIpc) is 3.28. The third-order valence-corrected chi connectivity index (χ3v) is 7.70. The number of hydrogen-bond acceptors (Lipinski definition) is 7. The Balaban J connectivity index is 1.16. The molecule has 35 heavy (non-hydrogen) atoms. The van der Waals surface area contributed by atoms with Gasteiger partial charge in [0.25, 0.3) is 0 Å². The van der Waals surface area contributed by atoms with Crippen LogP contribution in [0, 0.1) is 17.8 Å². The maximum atomic E-state index is 12.5. The van der Waals surface area contributed by atoms with Crippen molar-refractivity contribution in [3.63, 3.8) is 0 Å². The summed E-state index contributed by atoms with van der Waals surface area (Å²) in [5.74, 6) is 1.13. The molecular formula is C28H34N2O4S. The number of ether oxygens (including phenoxy) is 1. The standard InChI is InChI=1S/C28H34N2O4S/c29-24-15-25(30)17-26(16-24)35-34-27(31)13-11-20-5-8-22(9-6-20)18-33-28(32)23-12-10-21(14-23)7-4-19-2-1-3-19/h5-6,8-9,11,13,15-17,19,21,23H,1-4,7,10,12,14,18,29-30H2/b13-11+. The molecule has 0 bridgehead atoms. The van der Waals surface area contributed by atoms with Gasteiger partial charge in [-0.15, -0.1) is 0 Å². The molecule has 4 rings (SSSR count). The first-order valence-corrected chi connectivity index (χ1v) is 13.2. The second kappa shape index (κ2) is 12.2. The molecule has 6 nitrogen and oxygen atoms in total. The topological polar surface area (TPSA) is 105 Å². The molecule has 2 aliphatic rings. The molecule has 0 radical (unpaired) electrons. The summed E-state index contributed by atoms with van der Waals surface area (Å²) < 4.78 is 10.8. The van der Waals surface area contributed by atoms with Gasteiger partial charge >= 0.3 is 11.9 Å². The summed E-state index contributed by atoms with van der Waals surface area (Å²) in [5, 5.41) is 0. The van der Waals surface area contributed by atoms with Crippen molar-refractivity contribution >= 4 is 41.4 Å². The summed E-state index contributed by atoms with van der Waals surface area (Å²) in [6.07, 6.45) is 12.9. The minimum Gasteiger partial charge on any atom is -0.461 e. The minimum atomic E-state index is -0.489. The largest absolute Gasteiger partial charge is 0.461 e. The molecule has 4 N–H and O–H groups in total. The quantitative estimate of drug-likeness (QED) is 0.176. The van der Waals surface area contributed by atoms with E-state index in [0.717, 1.165) is 48.4 Å². The number of nitrogen functional groups attached to an aromatic ring is 2. The SMILES string of the molecule is Nc1cc(N)cc(SOC(=O)/C=C/c2ccc(COC(=O)C3CCC(CCC4CCC4)C3)cc2)c1. The summed E-state index contributed by atoms with van der Waals surface area (Å²) in [6, 6.07) is 12.6. The van der Waals surface area contributed by atoms with Crippen molar-refractivity contribution in [1.82, 2.24) is 0 Å². The first-order chi connectivity index (χ1) is 16.9. The summed E-state index contributed by atoms with van der Waals surface area (Å²) >= 11 is 0.912. The van der Waals surface area contributed by atoms with Crippen molar-refractivity contribution in [3.05, 3.63) is 59.7 Å². The highest BCUT2D eigenvalue weighted by molar-refractivity contribution is 7.95. The molecule has 2 unspecified atom stereocenters. The van der Waals surface area contributed by atoms with Gasteiger partial charge in [-0.25, -0.2) is 4.79 Å². The fourth-order valence-corrected chi connectivity index (χ4v) is 5.38. The monoisotopic (exact) mass is 494 g/mol. The van der Waals surface area contributed by atoms with E-state index in [2.05, 4.69) is 0 Å². The van der Waals surface area contributed by atoms with Crippen LogP contribution in [0.4, 0.5) is 11.4 Å². The Bertz CT molecular complexity index is 1030. The van der Waals surface area contributed by atoms with E-state index in [9.17, 15) is 9.59 Å². The smallest absolute Gasteiger partial charge is 0.343 e. The Labute approximate surface area is 211 Å². The lowest BCUT2D eigenvalue weighted by atomic mass is 9.80. The van der Waals surface area contributed by atoms with Gasteiger partial charge in [-0.05, 0) is 66.5 Å². The Morgan fingerprint density at radius 3 is 2.34 bits per heavy atom. The summed E-state index contributed by atoms with van der Waals surface area (Å²) in [4.78, 5) is 25.2. The molecule has 2 aromatic carbocycles. The molecule has 0 spiro atoms. The predicted octanol–water partition coefficient (Wildman–Crippen LogP) is 6.15. The molecule has 0 heterocycles. The van der Waals surface area contributed by atoms with Gasteiger partial charge in [0.05, 0.1) is 22.9 Å². The van der Waals surface area contributed by atoms with Gasteiger partial charge in [0, 0.05) is 17.5 Å². The minimum absolute atomic E-state index is 0.0521. The number of hydrogen-bond donors (Lipinski definition) is 2. The van der Waals surface area contributed by atoms with Crippen LogP contribution < -0.4 is 11.5 Å². The van der Waals surface area contributed by atoms with Crippen molar-refractivity contribution in [3.8, 4) is 0 Å². The van der Waals surface area contributed by atoms with E-state index in [0.29, 0.717) is 22.2 Å². The fourth-order valence-electron chi connectivity index (χ4n) is 4.78. The molecule has 2 saturated carbocycles.